The summed E-state index contributed by atoms with van der Waals surface area (Å²) in [5, 5.41) is 9.11. The van der Waals surface area contributed by atoms with E-state index in [1.165, 1.54) is 0 Å². The summed E-state index contributed by atoms with van der Waals surface area (Å²) in [6.45, 7) is 1.64. The fraction of sp³-hybridized carbons (Fsp3) is 0.300. The Labute approximate surface area is 141 Å². The van der Waals surface area contributed by atoms with Gasteiger partial charge in [-0.05, 0) is 37.1 Å². The first-order valence-corrected chi connectivity index (χ1v) is 8.28. The van der Waals surface area contributed by atoms with Crippen molar-refractivity contribution in [3.8, 4) is 0 Å². The predicted octanol–water partition coefficient (Wildman–Crippen LogP) is 3.62. The van der Waals surface area contributed by atoms with E-state index in [-0.39, 0.29) is 11.8 Å². The third-order valence-electron chi connectivity index (χ3n) is 4.58. The van der Waals surface area contributed by atoms with E-state index in [9.17, 15) is 9.59 Å². The molecule has 1 fully saturated rings. The summed E-state index contributed by atoms with van der Waals surface area (Å²) in [5.74, 6) is -0.735. The Morgan fingerprint density at radius 2 is 1.79 bits per heavy atom. The lowest BCUT2D eigenvalue weighted by atomic mass is 10.0. The van der Waals surface area contributed by atoms with Crippen molar-refractivity contribution >= 4 is 11.8 Å². The first-order valence-electron chi connectivity index (χ1n) is 8.28. The smallest absolute Gasteiger partial charge is 0.335 e. The van der Waals surface area contributed by atoms with Gasteiger partial charge in [-0.1, -0.05) is 42.5 Å². The first kappa shape index (κ1) is 16.4. The molecule has 0 radical (unpaired) electrons. The third kappa shape index (κ3) is 3.89. The Kier molecular flexibility index (Phi) is 5.06. The van der Waals surface area contributed by atoms with Gasteiger partial charge in [-0.15, -0.1) is 0 Å². The summed E-state index contributed by atoms with van der Waals surface area (Å²) in [6.07, 6.45) is 2.60. The minimum atomic E-state index is -0.908. The average molecular weight is 323 g/mol. The molecule has 1 N–H and O–H groups in total. The molecule has 4 heteroatoms. The second-order valence-electron chi connectivity index (χ2n) is 6.27. The monoisotopic (exact) mass is 323 g/mol. The molecule has 1 aliphatic rings. The number of carboxylic acid groups (broad SMARTS) is 1. The van der Waals surface area contributed by atoms with Crippen molar-refractivity contribution in [2.24, 2.45) is 0 Å². The average Bonchev–Trinajstić information content (AvgIpc) is 3.02. The molecule has 1 saturated heterocycles. The molecule has 4 nitrogen and oxygen atoms in total. The second-order valence-corrected chi connectivity index (χ2v) is 6.27. The number of carbonyl (C=O) groups is 2. The number of aromatic carboxylic acids is 1. The maximum Gasteiger partial charge on any atom is 0.335 e. The first-order chi connectivity index (χ1) is 11.6. The molecule has 0 bridgehead atoms. The largest absolute Gasteiger partial charge is 0.478 e. The summed E-state index contributed by atoms with van der Waals surface area (Å²) < 4.78 is 0. The van der Waals surface area contributed by atoms with Crippen LogP contribution in [-0.4, -0.2) is 34.3 Å². The molecule has 2 aromatic rings. The Bertz CT molecular complexity index is 727. The van der Waals surface area contributed by atoms with Crippen molar-refractivity contribution in [1.29, 1.82) is 0 Å². The van der Waals surface area contributed by atoms with Crippen molar-refractivity contribution < 1.29 is 14.7 Å². The van der Waals surface area contributed by atoms with Crippen molar-refractivity contribution in [2.75, 3.05) is 6.54 Å². The van der Waals surface area contributed by atoms with Gasteiger partial charge < -0.3 is 5.11 Å². The van der Waals surface area contributed by atoms with Crippen LogP contribution in [0.5, 0.6) is 0 Å². The van der Waals surface area contributed by atoms with E-state index in [2.05, 4.69) is 4.90 Å². The summed E-state index contributed by atoms with van der Waals surface area (Å²) in [6, 6.07) is 16.7. The van der Waals surface area contributed by atoms with E-state index in [0.29, 0.717) is 18.5 Å². The minimum Gasteiger partial charge on any atom is -0.478 e. The van der Waals surface area contributed by atoms with E-state index in [1.54, 1.807) is 18.2 Å². The highest BCUT2D eigenvalue weighted by molar-refractivity contribution is 5.96. The van der Waals surface area contributed by atoms with Crippen molar-refractivity contribution in [1.82, 2.24) is 4.90 Å². The lowest BCUT2D eigenvalue weighted by Crippen LogP contribution is -2.31. The van der Waals surface area contributed by atoms with Crippen molar-refractivity contribution in [2.45, 2.75) is 31.8 Å². The summed E-state index contributed by atoms with van der Waals surface area (Å²) in [7, 11) is 0. The molecule has 2 aromatic carbocycles. The number of nitrogens with zero attached hydrogens (tertiary/aromatic N) is 1. The van der Waals surface area contributed by atoms with E-state index < -0.39 is 5.97 Å². The number of likely N-dealkylation sites (tertiary alicyclic amines) is 1. The molecule has 0 aliphatic carbocycles. The highest BCUT2D eigenvalue weighted by atomic mass is 16.4. The van der Waals surface area contributed by atoms with Gasteiger partial charge in [-0.25, -0.2) is 4.79 Å². The molecule has 0 amide bonds. The topological polar surface area (TPSA) is 57.6 Å². The molecular weight excluding hydrogens is 302 g/mol. The highest BCUT2D eigenvalue weighted by Crippen LogP contribution is 2.24. The van der Waals surface area contributed by atoms with Crippen LogP contribution in [0.25, 0.3) is 0 Å². The van der Waals surface area contributed by atoms with Crippen LogP contribution in [0.4, 0.5) is 0 Å². The van der Waals surface area contributed by atoms with Gasteiger partial charge in [0.1, 0.15) is 0 Å². The SMILES string of the molecule is O=C(O)c1cccc(CN2CCCC2CC(=O)c2ccccc2)c1. The van der Waals surface area contributed by atoms with Crippen LogP contribution < -0.4 is 0 Å². The molecule has 0 spiro atoms. The fourth-order valence-corrected chi connectivity index (χ4v) is 3.33. The van der Waals surface area contributed by atoms with Gasteiger partial charge >= 0.3 is 5.97 Å². The summed E-state index contributed by atoms with van der Waals surface area (Å²) in [4.78, 5) is 25.8. The van der Waals surface area contributed by atoms with Gasteiger partial charge in [0, 0.05) is 24.6 Å². The Hall–Kier alpha value is -2.46. The molecule has 124 valence electrons. The van der Waals surface area contributed by atoms with Crippen LogP contribution in [0.2, 0.25) is 0 Å². The van der Waals surface area contributed by atoms with Crippen molar-refractivity contribution in [3.63, 3.8) is 0 Å². The quantitative estimate of drug-likeness (QED) is 0.825. The number of carboxylic acids is 1. The van der Waals surface area contributed by atoms with E-state index >= 15 is 0 Å². The number of Topliss-reactive ketones (excluding diaryl/α,β-unsaturated/α-hetero) is 1. The standard InChI is InChI=1S/C20H21NO3/c22-19(16-7-2-1-3-8-16)13-18-10-5-11-21(18)14-15-6-4-9-17(12-15)20(23)24/h1-4,6-9,12,18H,5,10-11,13-14H2,(H,23,24). The Balaban J connectivity index is 1.66. The molecule has 0 saturated carbocycles. The van der Waals surface area contributed by atoms with Gasteiger partial charge in [0.2, 0.25) is 0 Å². The summed E-state index contributed by atoms with van der Waals surface area (Å²) in [5.41, 5.74) is 2.05. The van der Waals surface area contributed by atoms with Crippen LogP contribution in [0.3, 0.4) is 0 Å². The van der Waals surface area contributed by atoms with E-state index in [0.717, 1.165) is 30.5 Å². The maximum atomic E-state index is 12.4. The molecule has 1 aliphatic heterocycles. The zero-order chi connectivity index (χ0) is 16.9. The number of benzene rings is 2. The molecule has 24 heavy (non-hydrogen) atoms. The molecule has 0 aromatic heterocycles. The molecule has 1 heterocycles. The molecule has 3 rings (SSSR count). The van der Waals surface area contributed by atoms with Crippen LogP contribution in [-0.2, 0) is 6.54 Å². The van der Waals surface area contributed by atoms with Gasteiger partial charge in [-0.3, -0.25) is 9.69 Å². The van der Waals surface area contributed by atoms with Gasteiger partial charge in [0.05, 0.1) is 5.56 Å². The van der Waals surface area contributed by atoms with Crippen LogP contribution in [0, 0.1) is 0 Å². The lowest BCUT2D eigenvalue weighted by Gasteiger charge is -2.24. The Morgan fingerprint density at radius 1 is 1.04 bits per heavy atom. The zero-order valence-electron chi connectivity index (χ0n) is 13.5. The lowest BCUT2D eigenvalue weighted by molar-refractivity contribution is 0.0696. The highest BCUT2D eigenvalue weighted by Gasteiger charge is 2.27. The van der Waals surface area contributed by atoms with Crippen LogP contribution in [0.1, 0.15) is 45.5 Å². The molecule has 1 unspecified atom stereocenters. The van der Waals surface area contributed by atoms with Crippen molar-refractivity contribution in [3.05, 3.63) is 71.3 Å². The molecular formula is C20H21NO3. The number of carbonyl (C=O) groups excluding carboxylic acids is 1. The third-order valence-corrected chi connectivity index (χ3v) is 4.58. The molecule has 1 atom stereocenters. The van der Waals surface area contributed by atoms with Crippen LogP contribution >= 0.6 is 0 Å². The summed E-state index contributed by atoms with van der Waals surface area (Å²) >= 11 is 0. The Morgan fingerprint density at radius 3 is 2.54 bits per heavy atom. The number of ketones is 1. The van der Waals surface area contributed by atoms with E-state index in [1.807, 2.05) is 36.4 Å². The van der Waals surface area contributed by atoms with Gasteiger partial charge in [0.15, 0.2) is 5.78 Å². The maximum absolute atomic E-state index is 12.4. The minimum absolute atomic E-state index is 0.173. The van der Waals surface area contributed by atoms with Gasteiger partial charge in [-0.2, -0.15) is 0 Å². The van der Waals surface area contributed by atoms with Gasteiger partial charge in [0.25, 0.3) is 0 Å². The van der Waals surface area contributed by atoms with E-state index in [4.69, 9.17) is 5.11 Å². The number of hydrogen-bond acceptors (Lipinski definition) is 3. The fourth-order valence-electron chi connectivity index (χ4n) is 3.33. The zero-order valence-corrected chi connectivity index (χ0v) is 13.5. The predicted molar refractivity (Wildman–Crippen MR) is 92.2 cm³/mol. The normalized spacial score (nSPS) is 17.8. The number of rotatable bonds is 6. The second kappa shape index (κ2) is 7.41. The number of hydrogen-bond donors (Lipinski definition) is 1. The van der Waals surface area contributed by atoms with Crippen LogP contribution in [0.15, 0.2) is 54.6 Å².